The van der Waals surface area contributed by atoms with Gasteiger partial charge >= 0.3 is 11.8 Å². The molecule has 0 saturated carbocycles. The fourth-order valence-corrected chi connectivity index (χ4v) is 2.50. The van der Waals surface area contributed by atoms with Crippen LogP contribution in [0.5, 0.6) is 5.75 Å². The summed E-state index contributed by atoms with van der Waals surface area (Å²) in [7, 11) is 0. The number of hydrogen-bond donors (Lipinski definition) is 2. The number of rotatable bonds is 7. The van der Waals surface area contributed by atoms with Crippen LogP contribution < -0.4 is 15.5 Å². The summed E-state index contributed by atoms with van der Waals surface area (Å²) in [5.41, 5.74) is 4.74. The van der Waals surface area contributed by atoms with Crippen LogP contribution in [-0.2, 0) is 22.7 Å². The van der Waals surface area contributed by atoms with Crippen molar-refractivity contribution in [2.75, 3.05) is 0 Å². The van der Waals surface area contributed by atoms with Crippen molar-refractivity contribution in [3.63, 3.8) is 0 Å². The first kappa shape index (κ1) is 21.0. The van der Waals surface area contributed by atoms with Crippen molar-refractivity contribution in [1.82, 2.24) is 15.7 Å². The molecule has 3 aromatic rings. The van der Waals surface area contributed by atoms with Crippen LogP contribution in [0.1, 0.15) is 16.7 Å². The van der Waals surface area contributed by atoms with Crippen molar-refractivity contribution in [2.45, 2.75) is 13.2 Å². The molecular formula is C22H19ClN4O3. The molecule has 0 radical (unpaired) electrons. The van der Waals surface area contributed by atoms with E-state index in [2.05, 4.69) is 20.8 Å². The largest absolute Gasteiger partial charge is 0.489 e. The van der Waals surface area contributed by atoms with E-state index in [0.717, 1.165) is 16.7 Å². The Balaban J connectivity index is 1.42. The van der Waals surface area contributed by atoms with Gasteiger partial charge in [-0.1, -0.05) is 29.8 Å². The number of amides is 2. The zero-order valence-electron chi connectivity index (χ0n) is 15.9. The summed E-state index contributed by atoms with van der Waals surface area (Å²) < 4.78 is 5.71. The summed E-state index contributed by atoms with van der Waals surface area (Å²) >= 11 is 5.86. The fourth-order valence-electron chi connectivity index (χ4n) is 2.38. The maximum atomic E-state index is 11.8. The third kappa shape index (κ3) is 6.72. The van der Waals surface area contributed by atoms with Gasteiger partial charge in [0.05, 0.1) is 6.21 Å². The normalized spacial score (nSPS) is 10.6. The number of ether oxygens (including phenoxy) is 1. The molecule has 3 rings (SSSR count). The number of hydrazone groups is 1. The molecule has 0 aliphatic rings. The minimum Gasteiger partial charge on any atom is -0.489 e. The van der Waals surface area contributed by atoms with Crippen molar-refractivity contribution in [3.8, 4) is 5.75 Å². The van der Waals surface area contributed by atoms with E-state index >= 15 is 0 Å². The van der Waals surface area contributed by atoms with E-state index < -0.39 is 11.8 Å². The Bertz CT molecular complexity index is 1010. The SMILES string of the molecule is O=C(NCc1cccnc1)C(=O)N/N=C/c1ccc(OCc2ccc(Cl)cc2)cc1. The molecule has 0 fully saturated rings. The van der Waals surface area contributed by atoms with Gasteiger partial charge < -0.3 is 10.1 Å². The molecule has 7 nitrogen and oxygen atoms in total. The molecule has 1 heterocycles. The lowest BCUT2D eigenvalue weighted by Crippen LogP contribution is -2.37. The Hall–Kier alpha value is -3.71. The van der Waals surface area contributed by atoms with E-state index in [9.17, 15) is 9.59 Å². The second-order valence-corrected chi connectivity index (χ2v) is 6.66. The topological polar surface area (TPSA) is 92.7 Å². The summed E-state index contributed by atoms with van der Waals surface area (Å²) in [6, 6.07) is 18.1. The van der Waals surface area contributed by atoms with Crippen LogP contribution in [0, 0.1) is 0 Å². The number of pyridine rings is 1. The van der Waals surface area contributed by atoms with Crippen molar-refractivity contribution < 1.29 is 14.3 Å². The lowest BCUT2D eigenvalue weighted by Gasteiger charge is -2.06. The first-order chi connectivity index (χ1) is 14.6. The molecule has 0 spiro atoms. The standard InChI is InChI=1S/C22H19ClN4O3/c23-19-7-3-17(4-8-19)15-30-20-9-5-16(6-10-20)14-26-27-22(29)21(28)25-13-18-2-1-11-24-12-18/h1-12,14H,13,15H2,(H,25,28)(H,27,29)/b26-14+. The average Bonchev–Trinajstić information content (AvgIpc) is 2.78. The van der Waals surface area contributed by atoms with E-state index in [4.69, 9.17) is 16.3 Å². The highest BCUT2D eigenvalue weighted by Crippen LogP contribution is 2.15. The highest BCUT2D eigenvalue weighted by atomic mass is 35.5. The fraction of sp³-hybridized carbons (Fsp3) is 0.0909. The predicted octanol–water partition coefficient (Wildman–Crippen LogP) is 3.08. The van der Waals surface area contributed by atoms with Crippen molar-refractivity contribution in [2.24, 2.45) is 5.10 Å². The Morgan fingerprint density at radius 2 is 1.77 bits per heavy atom. The molecule has 0 atom stereocenters. The van der Waals surface area contributed by atoms with E-state index in [1.807, 2.05) is 24.3 Å². The number of aromatic nitrogens is 1. The van der Waals surface area contributed by atoms with Crippen LogP contribution in [0.15, 0.2) is 78.2 Å². The Morgan fingerprint density at radius 3 is 2.47 bits per heavy atom. The van der Waals surface area contributed by atoms with E-state index in [1.165, 1.54) is 6.21 Å². The Morgan fingerprint density at radius 1 is 1.00 bits per heavy atom. The first-order valence-electron chi connectivity index (χ1n) is 9.07. The van der Waals surface area contributed by atoms with Crippen LogP contribution in [-0.4, -0.2) is 23.0 Å². The number of nitrogens with one attached hydrogen (secondary N) is 2. The molecule has 2 amide bonds. The molecule has 152 valence electrons. The molecule has 0 bridgehead atoms. The van der Waals surface area contributed by atoms with Crippen LogP contribution in [0.25, 0.3) is 0 Å². The van der Waals surface area contributed by atoms with Crippen molar-refractivity contribution >= 4 is 29.6 Å². The van der Waals surface area contributed by atoms with Gasteiger partial charge in [0.2, 0.25) is 0 Å². The van der Waals surface area contributed by atoms with Gasteiger partial charge in [-0.05, 0) is 59.2 Å². The second-order valence-electron chi connectivity index (χ2n) is 6.23. The Kier molecular flexibility index (Phi) is 7.51. The molecule has 2 aromatic carbocycles. The summed E-state index contributed by atoms with van der Waals surface area (Å²) in [6.07, 6.45) is 4.68. The highest BCUT2D eigenvalue weighted by Gasteiger charge is 2.11. The summed E-state index contributed by atoms with van der Waals surface area (Å²) in [4.78, 5) is 27.5. The minimum absolute atomic E-state index is 0.210. The molecule has 0 unspecified atom stereocenters. The van der Waals surface area contributed by atoms with Gasteiger partial charge in [-0.3, -0.25) is 14.6 Å². The Labute approximate surface area is 178 Å². The number of halogens is 1. The molecule has 30 heavy (non-hydrogen) atoms. The number of hydrogen-bond acceptors (Lipinski definition) is 5. The van der Waals surface area contributed by atoms with E-state index in [0.29, 0.717) is 17.4 Å². The van der Waals surface area contributed by atoms with Crippen LogP contribution in [0.4, 0.5) is 0 Å². The van der Waals surface area contributed by atoms with Crippen LogP contribution in [0.2, 0.25) is 5.02 Å². The molecule has 0 aliphatic carbocycles. The molecule has 0 saturated heterocycles. The van der Waals surface area contributed by atoms with Gasteiger partial charge in [-0.2, -0.15) is 5.10 Å². The minimum atomic E-state index is -0.849. The third-order valence-electron chi connectivity index (χ3n) is 3.96. The van der Waals surface area contributed by atoms with E-state index in [-0.39, 0.29) is 6.54 Å². The third-order valence-corrected chi connectivity index (χ3v) is 4.21. The van der Waals surface area contributed by atoms with Crippen LogP contribution >= 0.6 is 11.6 Å². The smallest absolute Gasteiger partial charge is 0.329 e. The number of benzene rings is 2. The molecule has 1 aromatic heterocycles. The lowest BCUT2D eigenvalue weighted by atomic mass is 10.2. The quantitative estimate of drug-likeness (QED) is 0.347. The van der Waals surface area contributed by atoms with Gasteiger partial charge in [0, 0.05) is 24.0 Å². The summed E-state index contributed by atoms with van der Waals surface area (Å²) in [5, 5.41) is 6.98. The molecular weight excluding hydrogens is 404 g/mol. The maximum Gasteiger partial charge on any atom is 0.329 e. The average molecular weight is 423 g/mol. The molecule has 2 N–H and O–H groups in total. The number of carbonyl (C=O) groups excluding carboxylic acids is 2. The first-order valence-corrected chi connectivity index (χ1v) is 9.45. The molecule has 0 aliphatic heterocycles. The summed E-state index contributed by atoms with van der Waals surface area (Å²) in [5.74, 6) is -0.930. The van der Waals surface area contributed by atoms with E-state index in [1.54, 1.807) is 48.8 Å². The van der Waals surface area contributed by atoms with Gasteiger partial charge in [0.1, 0.15) is 12.4 Å². The van der Waals surface area contributed by atoms with Gasteiger partial charge in [0.25, 0.3) is 0 Å². The van der Waals surface area contributed by atoms with Gasteiger partial charge in [-0.15, -0.1) is 0 Å². The zero-order valence-corrected chi connectivity index (χ0v) is 16.7. The summed E-state index contributed by atoms with van der Waals surface area (Å²) in [6.45, 7) is 0.635. The highest BCUT2D eigenvalue weighted by molar-refractivity contribution is 6.35. The second kappa shape index (κ2) is 10.7. The maximum absolute atomic E-state index is 11.8. The predicted molar refractivity (Wildman–Crippen MR) is 114 cm³/mol. The lowest BCUT2D eigenvalue weighted by molar-refractivity contribution is -0.139. The van der Waals surface area contributed by atoms with Crippen molar-refractivity contribution in [3.05, 3.63) is 94.8 Å². The molecule has 8 heteroatoms. The van der Waals surface area contributed by atoms with Gasteiger partial charge in [0.15, 0.2) is 0 Å². The number of carbonyl (C=O) groups is 2. The number of nitrogens with zero attached hydrogens (tertiary/aromatic N) is 2. The monoisotopic (exact) mass is 422 g/mol. The van der Waals surface area contributed by atoms with Gasteiger partial charge in [-0.25, -0.2) is 5.43 Å². The van der Waals surface area contributed by atoms with Crippen LogP contribution in [0.3, 0.4) is 0 Å². The van der Waals surface area contributed by atoms with Crippen molar-refractivity contribution in [1.29, 1.82) is 0 Å². The zero-order chi connectivity index (χ0) is 21.2.